The molecule has 1 aliphatic rings. The van der Waals surface area contributed by atoms with Gasteiger partial charge in [-0.15, -0.1) is 12.4 Å². The molecule has 0 radical (unpaired) electrons. The molecule has 1 saturated heterocycles. The molecule has 2 amide bonds. The van der Waals surface area contributed by atoms with E-state index in [4.69, 9.17) is 5.73 Å². The molecular weight excluding hydrogens is 352 g/mol. The van der Waals surface area contributed by atoms with Crippen molar-refractivity contribution in [2.24, 2.45) is 5.73 Å². The van der Waals surface area contributed by atoms with Crippen molar-refractivity contribution in [1.29, 1.82) is 0 Å². The largest absolute Gasteiger partial charge is 0.366 e. The number of amides is 2. The number of pyridine rings is 1. The number of nitrogens with two attached hydrogens (primary N) is 1. The molecule has 1 aromatic carbocycles. The van der Waals surface area contributed by atoms with Crippen molar-refractivity contribution < 1.29 is 9.59 Å². The molecular formula is C19H23ClN4O2. The topological polar surface area (TPSA) is 88.3 Å². The van der Waals surface area contributed by atoms with Crippen molar-refractivity contribution in [3.05, 3.63) is 65.0 Å². The van der Waals surface area contributed by atoms with Gasteiger partial charge in [-0.2, -0.15) is 0 Å². The van der Waals surface area contributed by atoms with Gasteiger partial charge in [0.2, 0.25) is 5.91 Å². The van der Waals surface area contributed by atoms with Gasteiger partial charge in [0, 0.05) is 25.8 Å². The molecule has 0 aliphatic carbocycles. The lowest BCUT2D eigenvalue weighted by molar-refractivity contribution is 0.0628. The van der Waals surface area contributed by atoms with Crippen molar-refractivity contribution in [2.75, 3.05) is 19.6 Å². The minimum atomic E-state index is -0.553. The van der Waals surface area contributed by atoms with Gasteiger partial charge >= 0.3 is 0 Å². The van der Waals surface area contributed by atoms with Crippen LogP contribution in [0.1, 0.15) is 44.9 Å². The molecule has 7 heteroatoms. The maximum absolute atomic E-state index is 12.9. The van der Waals surface area contributed by atoms with Gasteiger partial charge in [-0.25, -0.2) is 0 Å². The third-order valence-corrected chi connectivity index (χ3v) is 4.54. The number of aryl methyl sites for hydroxylation is 1. The zero-order chi connectivity index (χ0) is 17.8. The number of benzene rings is 1. The number of carbonyl (C=O) groups excluding carboxylic acids is 2. The number of hydrogen-bond donors (Lipinski definition) is 2. The highest BCUT2D eigenvalue weighted by Crippen LogP contribution is 2.24. The van der Waals surface area contributed by atoms with Crippen molar-refractivity contribution in [3.63, 3.8) is 0 Å². The lowest BCUT2D eigenvalue weighted by Crippen LogP contribution is -2.48. The Morgan fingerprint density at radius 2 is 1.96 bits per heavy atom. The summed E-state index contributed by atoms with van der Waals surface area (Å²) in [4.78, 5) is 30.0. The average molecular weight is 375 g/mol. The second kappa shape index (κ2) is 8.78. The summed E-state index contributed by atoms with van der Waals surface area (Å²) in [6.45, 7) is 4.18. The van der Waals surface area contributed by atoms with Crippen molar-refractivity contribution in [3.8, 4) is 0 Å². The summed E-state index contributed by atoms with van der Waals surface area (Å²) >= 11 is 0. The maximum Gasteiger partial charge on any atom is 0.273 e. The molecule has 1 aliphatic heterocycles. The van der Waals surface area contributed by atoms with E-state index in [1.165, 1.54) is 17.8 Å². The van der Waals surface area contributed by atoms with E-state index >= 15 is 0 Å². The van der Waals surface area contributed by atoms with Crippen LogP contribution in [0, 0.1) is 0 Å². The number of nitrogens with one attached hydrogen (secondary N) is 1. The first-order valence-corrected chi connectivity index (χ1v) is 8.46. The number of rotatable bonds is 4. The Morgan fingerprint density at radius 3 is 2.54 bits per heavy atom. The zero-order valence-corrected chi connectivity index (χ0v) is 15.5. The molecule has 26 heavy (non-hydrogen) atoms. The van der Waals surface area contributed by atoms with E-state index < -0.39 is 5.91 Å². The van der Waals surface area contributed by atoms with E-state index in [9.17, 15) is 9.59 Å². The summed E-state index contributed by atoms with van der Waals surface area (Å²) in [7, 11) is 0. The molecule has 3 rings (SSSR count). The number of halogens is 1. The lowest BCUT2D eigenvalue weighted by Gasteiger charge is -2.36. The molecule has 3 N–H and O–H groups in total. The van der Waals surface area contributed by atoms with Gasteiger partial charge in [0.1, 0.15) is 5.69 Å². The third kappa shape index (κ3) is 4.20. The highest BCUT2D eigenvalue weighted by Gasteiger charge is 2.29. The van der Waals surface area contributed by atoms with Crippen LogP contribution < -0.4 is 11.1 Å². The Hall–Kier alpha value is -2.44. The van der Waals surface area contributed by atoms with Gasteiger partial charge in [0.25, 0.3) is 5.91 Å². The predicted octanol–water partition coefficient (Wildman–Crippen LogP) is 1.95. The van der Waals surface area contributed by atoms with Crippen molar-refractivity contribution in [1.82, 2.24) is 15.2 Å². The van der Waals surface area contributed by atoms with Crippen molar-refractivity contribution >= 4 is 24.2 Å². The van der Waals surface area contributed by atoms with E-state index in [2.05, 4.69) is 41.5 Å². The molecule has 0 bridgehead atoms. The third-order valence-electron chi connectivity index (χ3n) is 4.54. The highest BCUT2D eigenvalue weighted by molar-refractivity contribution is 5.95. The van der Waals surface area contributed by atoms with E-state index in [1.54, 1.807) is 6.07 Å². The second-order valence-corrected chi connectivity index (χ2v) is 6.11. The number of primary amides is 1. The monoisotopic (exact) mass is 374 g/mol. The van der Waals surface area contributed by atoms with Crippen LogP contribution >= 0.6 is 12.4 Å². The fourth-order valence-electron chi connectivity index (χ4n) is 3.03. The van der Waals surface area contributed by atoms with E-state index in [0.29, 0.717) is 24.3 Å². The Labute approximate surface area is 159 Å². The predicted molar refractivity (Wildman–Crippen MR) is 102 cm³/mol. The van der Waals surface area contributed by atoms with Crippen LogP contribution in [0.3, 0.4) is 0 Å². The quantitative estimate of drug-likeness (QED) is 0.856. The van der Waals surface area contributed by atoms with Gasteiger partial charge < -0.3 is 16.0 Å². The van der Waals surface area contributed by atoms with Crippen LogP contribution in [0.4, 0.5) is 0 Å². The van der Waals surface area contributed by atoms with E-state index in [1.807, 2.05) is 4.90 Å². The van der Waals surface area contributed by atoms with E-state index in [0.717, 1.165) is 18.5 Å². The summed E-state index contributed by atoms with van der Waals surface area (Å²) in [5.74, 6) is -0.690. The van der Waals surface area contributed by atoms with Gasteiger partial charge in [0.15, 0.2) is 0 Å². The number of nitrogens with zero attached hydrogens (tertiary/aromatic N) is 2. The molecule has 0 saturated carbocycles. The summed E-state index contributed by atoms with van der Waals surface area (Å²) in [5, 5.41) is 3.35. The Kier molecular flexibility index (Phi) is 6.71. The summed E-state index contributed by atoms with van der Waals surface area (Å²) in [6, 6.07) is 11.4. The van der Waals surface area contributed by atoms with Gasteiger partial charge in [-0.1, -0.05) is 31.2 Å². The molecule has 2 aromatic rings. The van der Waals surface area contributed by atoms with Crippen LogP contribution in [0.5, 0.6) is 0 Å². The summed E-state index contributed by atoms with van der Waals surface area (Å²) in [5.41, 5.74) is 8.21. The number of aromatic nitrogens is 1. The lowest BCUT2D eigenvalue weighted by atomic mass is 10.0. The van der Waals surface area contributed by atoms with Crippen molar-refractivity contribution in [2.45, 2.75) is 19.4 Å². The minimum Gasteiger partial charge on any atom is -0.366 e. The Morgan fingerprint density at radius 1 is 1.23 bits per heavy atom. The molecule has 1 atom stereocenters. The fraction of sp³-hybridized carbons (Fsp3) is 0.316. The van der Waals surface area contributed by atoms with Crippen LogP contribution in [-0.4, -0.2) is 41.3 Å². The molecule has 1 fully saturated rings. The molecule has 1 unspecified atom stereocenters. The van der Waals surface area contributed by atoms with E-state index in [-0.39, 0.29) is 24.4 Å². The second-order valence-electron chi connectivity index (χ2n) is 6.11. The van der Waals surface area contributed by atoms with Gasteiger partial charge in [-0.3, -0.25) is 14.6 Å². The number of carbonyl (C=O) groups is 2. The molecule has 1 aromatic heterocycles. The highest BCUT2D eigenvalue weighted by atomic mass is 35.5. The fourth-order valence-corrected chi connectivity index (χ4v) is 3.03. The van der Waals surface area contributed by atoms with Crippen LogP contribution in [0.25, 0.3) is 0 Å². The zero-order valence-electron chi connectivity index (χ0n) is 14.6. The Bertz CT molecular complexity index is 762. The first-order chi connectivity index (χ1) is 12.1. The minimum absolute atomic E-state index is 0. The maximum atomic E-state index is 12.9. The standard InChI is InChI=1S/C19H22N4O2.ClH/c1-2-13-3-5-14(6-4-13)17-12-21-9-10-23(17)19(25)16-8-7-15(11-22-16)18(20)24;/h3-8,11,17,21H,2,9-10,12H2,1H3,(H2,20,24);1H. The molecule has 0 spiro atoms. The van der Waals surface area contributed by atoms with Gasteiger partial charge in [-0.05, 0) is 29.7 Å². The smallest absolute Gasteiger partial charge is 0.273 e. The van der Waals surface area contributed by atoms with Crippen LogP contribution in [0.15, 0.2) is 42.6 Å². The molecule has 6 nitrogen and oxygen atoms in total. The summed E-state index contributed by atoms with van der Waals surface area (Å²) < 4.78 is 0. The SMILES string of the molecule is CCc1ccc(C2CNCCN2C(=O)c2ccc(C(N)=O)cn2)cc1.Cl. The normalized spacial score (nSPS) is 16.7. The van der Waals surface area contributed by atoms with Crippen LogP contribution in [-0.2, 0) is 6.42 Å². The number of piperazine rings is 1. The Balaban J connectivity index is 0.00000243. The van der Waals surface area contributed by atoms with Crippen LogP contribution in [0.2, 0.25) is 0 Å². The first-order valence-electron chi connectivity index (χ1n) is 8.46. The molecule has 2 heterocycles. The van der Waals surface area contributed by atoms with Gasteiger partial charge in [0.05, 0.1) is 11.6 Å². The molecule has 138 valence electrons. The summed E-state index contributed by atoms with van der Waals surface area (Å²) in [6.07, 6.45) is 2.34. The number of hydrogen-bond acceptors (Lipinski definition) is 4. The first kappa shape index (κ1) is 19.9. The average Bonchev–Trinajstić information content (AvgIpc) is 2.67.